The molecule has 0 saturated heterocycles. The van der Waals surface area contributed by atoms with Crippen LogP contribution in [0.3, 0.4) is 0 Å². The summed E-state index contributed by atoms with van der Waals surface area (Å²) in [5.41, 5.74) is 6.56. The lowest BCUT2D eigenvalue weighted by Crippen LogP contribution is -2.05. The highest BCUT2D eigenvalue weighted by Gasteiger charge is 2.02. The van der Waals surface area contributed by atoms with Gasteiger partial charge in [0.05, 0.1) is 6.20 Å². The van der Waals surface area contributed by atoms with Crippen LogP contribution in [0.4, 0.5) is 0 Å². The van der Waals surface area contributed by atoms with E-state index in [0.29, 0.717) is 12.3 Å². The summed E-state index contributed by atoms with van der Waals surface area (Å²) in [6.45, 7) is 0.629. The van der Waals surface area contributed by atoms with Crippen molar-refractivity contribution < 1.29 is 0 Å². The van der Waals surface area contributed by atoms with E-state index in [1.165, 1.54) is 0 Å². The van der Waals surface area contributed by atoms with Gasteiger partial charge in [0.1, 0.15) is 4.60 Å². The van der Waals surface area contributed by atoms with Gasteiger partial charge < -0.3 is 5.73 Å². The Bertz CT molecular complexity index is 423. The van der Waals surface area contributed by atoms with Gasteiger partial charge in [0.2, 0.25) is 5.78 Å². The maximum atomic E-state index is 5.47. The van der Waals surface area contributed by atoms with Crippen molar-refractivity contribution >= 4 is 21.7 Å². The van der Waals surface area contributed by atoms with Gasteiger partial charge in [0.15, 0.2) is 0 Å². The molecule has 0 fully saturated rings. The highest BCUT2D eigenvalue weighted by atomic mass is 79.9. The van der Waals surface area contributed by atoms with Crippen molar-refractivity contribution in [1.29, 1.82) is 0 Å². The van der Waals surface area contributed by atoms with E-state index in [-0.39, 0.29) is 0 Å². The van der Waals surface area contributed by atoms with Gasteiger partial charge in [-0.1, -0.05) is 0 Å². The number of hydrogen-bond acceptors (Lipinski definition) is 3. The van der Waals surface area contributed by atoms with E-state index in [1.807, 2.05) is 22.9 Å². The van der Waals surface area contributed by atoms with Gasteiger partial charge >= 0.3 is 0 Å². The Morgan fingerprint density at radius 2 is 2.38 bits per heavy atom. The van der Waals surface area contributed by atoms with Crippen molar-refractivity contribution in [2.75, 3.05) is 6.54 Å². The molecule has 0 bridgehead atoms. The third-order valence-corrected chi connectivity index (χ3v) is 2.26. The number of nitrogens with zero attached hydrogens (tertiary/aromatic N) is 3. The second kappa shape index (κ2) is 3.43. The van der Waals surface area contributed by atoms with Crippen molar-refractivity contribution in [2.45, 2.75) is 6.42 Å². The first-order valence-corrected chi connectivity index (χ1v) is 4.79. The van der Waals surface area contributed by atoms with E-state index in [2.05, 4.69) is 25.9 Å². The largest absolute Gasteiger partial charge is 0.330 e. The third-order valence-electron chi connectivity index (χ3n) is 1.82. The molecular weight excluding hydrogens is 232 g/mol. The minimum absolute atomic E-state index is 0.629. The number of rotatable bonds is 2. The lowest BCUT2D eigenvalue weighted by atomic mass is 10.3. The fourth-order valence-corrected chi connectivity index (χ4v) is 1.51. The molecule has 2 N–H and O–H groups in total. The molecule has 13 heavy (non-hydrogen) atoms. The standard InChI is InChI=1S/C8H9BrN4/c9-7-2-4-13-6(1-3-10)5-11-8(13)12-7/h2,4-5H,1,3,10H2. The van der Waals surface area contributed by atoms with Crippen LogP contribution in [-0.4, -0.2) is 20.9 Å². The van der Waals surface area contributed by atoms with E-state index < -0.39 is 0 Å². The van der Waals surface area contributed by atoms with Gasteiger partial charge in [-0.25, -0.2) is 9.97 Å². The van der Waals surface area contributed by atoms with Crippen molar-refractivity contribution in [3.8, 4) is 0 Å². The van der Waals surface area contributed by atoms with E-state index in [4.69, 9.17) is 5.73 Å². The van der Waals surface area contributed by atoms with Gasteiger partial charge in [-0.3, -0.25) is 4.40 Å². The summed E-state index contributed by atoms with van der Waals surface area (Å²) < 4.78 is 2.74. The van der Waals surface area contributed by atoms with Crippen LogP contribution in [0.5, 0.6) is 0 Å². The van der Waals surface area contributed by atoms with Gasteiger partial charge in [-0.2, -0.15) is 0 Å². The third kappa shape index (κ3) is 1.57. The average Bonchev–Trinajstić information content (AvgIpc) is 2.49. The summed E-state index contributed by atoms with van der Waals surface area (Å²) in [6.07, 6.45) is 4.57. The number of aromatic nitrogens is 3. The molecular formula is C8H9BrN4. The van der Waals surface area contributed by atoms with E-state index >= 15 is 0 Å². The Kier molecular flexibility index (Phi) is 2.28. The first kappa shape index (κ1) is 8.65. The minimum atomic E-state index is 0.629. The number of nitrogens with two attached hydrogens (primary N) is 1. The van der Waals surface area contributed by atoms with Crippen LogP contribution in [0.15, 0.2) is 23.1 Å². The molecule has 0 aliphatic carbocycles. The summed E-state index contributed by atoms with van der Waals surface area (Å²) in [5, 5.41) is 0. The highest BCUT2D eigenvalue weighted by molar-refractivity contribution is 9.10. The Balaban J connectivity index is 2.55. The molecule has 2 aromatic rings. The van der Waals surface area contributed by atoms with Gasteiger partial charge in [-0.05, 0) is 28.5 Å². The SMILES string of the molecule is NCCc1cnc2nc(Br)ccn12. The Morgan fingerprint density at radius 1 is 1.54 bits per heavy atom. The quantitative estimate of drug-likeness (QED) is 0.798. The molecule has 0 atom stereocenters. The fourth-order valence-electron chi connectivity index (χ4n) is 1.23. The number of imidazole rings is 1. The lowest BCUT2D eigenvalue weighted by molar-refractivity contribution is 0.897. The molecule has 0 radical (unpaired) electrons. The van der Waals surface area contributed by atoms with Crippen LogP contribution in [0.2, 0.25) is 0 Å². The van der Waals surface area contributed by atoms with Crippen LogP contribution in [-0.2, 0) is 6.42 Å². The summed E-state index contributed by atoms with van der Waals surface area (Å²) in [5.74, 6) is 0.706. The molecule has 4 nitrogen and oxygen atoms in total. The predicted octanol–water partition coefficient (Wildman–Crippen LogP) is 0.993. The first-order chi connectivity index (χ1) is 6.31. The zero-order valence-electron chi connectivity index (χ0n) is 6.94. The van der Waals surface area contributed by atoms with Crippen molar-refractivity contribution in [3.63, 3.8) is 0 Å². The summed E-state index contributed by atoms with van der Waals surface area (Å²) in [6, 6.07) is 1.88. The predicted molar refractivity (Wildman–Crippen MR) is 53.4 cm³/mol. The van der Waals surface area contributed by atoms with Crippen LogP contribution in [0.25, 0.3) is 5.78 Å². The number of fused-ring (bicyclic) bond motifs is 1. The van der Waals surface area contributed by atoms with E-state index in [0.717, 1.165) is 16.7 Å². The molecule has 0 aliphatic rings. The molecule has 5 heteroatoms. The van der Waals surface area contributed by atoms with E-state index in [9.17, 15) is 0 Å². The van der Waals surface area contributed by atoms with Gasteiger partial charge in [0.25, 0.3) is 0 Å². The summed E-state index contributed by atoms with van der Waals surface area (Å²) in [4.78, 5) is 8.37. The fraction of sp³-hybridized carbons (Fsp3) is 0.250. The Hall–Kier alpha value is -0.940. The monoisotopic (exact) mass is 240 g/mol. The zero-order valence-corrected chi connectivity index (χ0v) is 8.53. The number of halogens is 1. The van der Waals surface area contributed by atoms with Crippen LogP contribution >= 0.6 is 15.9 Å². The molecule has 0 spiro atoms. The van der Waals surface area contributed by atoms with Gasteiger partial charge in [0, 0.05) is 18.3 Å². The molecule has 0 unspecified atom stereocenters. The number of hydrogen-bond donors (Lipinski definition) is 1. The Labute approximate surface area is 83.9 Å². The summed E-state index contributed by atoms with van der Waals surface area (Å²) in [7, 11) is 0. The molecule has 2 aromatic heterocycles. The van der Waals surface area contributed by atoms with Crippen LogP contribution < -0.4 is 5.73 Å². The lowest BCUT2D eigenvalue weighted by Gasteiger charge is -1.98. The van der Waals surface area contributed by atoms with Crippen molar-refractivity contribution in [1.82, 2.24) is 14.4 Å². The first-order valence-electron chi connectivity index (χ1n) is 4.00. The zero-order chi connectivity index (χ0) is 9.26. The second-order valence-corrected chi connectivity index (χ2v) is 3.52. The van der Waals surface area contributed by atoms with Crippen LogP contribution in [0, 0.1) is 0 Å². The van der Waals surface area contributed by atoms with E-state index in [1.54, 1.807) is 0 Å². The molecule has 2 heterocycles. The Morgan fingerprint density at radius 3 is 3.15 bits per heavy atom. The molecule has 2 rings (SSSR count). The molecule has 68 valence electrons. The van der Waals surface area contributed by atoms with Crippen LogP contribution in [0.1, 0.15) is 5.69 Å². The summed E-state index contributed by atoms with van der Waals surface area (Å²) >= 11 is 3.29. The average molecular weight is 241 g/mol. The smallest absolute Gasteiger partial charge is 0.234 e. The highest BCUT2D eigenvalue weighted by Crippen LogP contribution is 2.09. The molecule has 0 aliphatic heterocycles. The minimum Gasteiger partial charge on any atom is -0.330 e. The molecule has 0 amide bonds. The maximum absolute atomic E-state index is 5.47. The molecule has 0 saturated carbocycles. The molecule has 0 aromatic carbocycles. The topological polar surface area (TPSA) is 56.2 Å². The van der Waals surface area contributed by atoms with Crippen molar-refractivity contribution in [2.24, 2.45) is 5.73 Å². The van der Waals surface area contributed by atoms with Gasteiger partial charge in [-0.15, -0.1) is 0 Å². The normalized spacial score (nSPS) is 10.9. The maximum Gasteiger partial charge on any atom is 0.234 e. The van der Waals surface area contributed by atoms with Crippen molar-refractivity contribution in [3.05, 3.63) is 28.8 Å². The second-order valence-electron chi connectivity index (χ2n) is 2.71.